The molecule has 3 N–H and O–H groups in total. The molecule has 0 bridgehead atoms. The Morgan fingerprint density at radius 3 is 2.41 bits per heavy atom. The van der Waals surface area contributed by atoms with E-state index in [1.54, 1.807) is 12.1 Å². The summed E-state index contributed by atoms with van der Waals surface area (Å²) in [5.41, 5.74) is 3.86. The van der Waals surface area contributed by atoms with Crippen LogP contribution >= 0.6 is 0 Å². The van der Waals surface area contributed by atoms with Crippen LogP contribution in [0.25, 0.3) is 11.0 Å². The van der Waals surface area contributed by atoms with Gasteiger partial charge in [-0.25, -0.2) is 0 Å². The van der Waals surface area contributed by atoms with Crippen LogP contribution in [-0.4, -0.2) is 24.1 Å². The maximum atomic E-state index is 13.1. The molecule has 5 nitrogen and oxygen atoms in total. The number of likely N-dealkylation sites (tertiary alicyclic amines) is 1. The number of aromatic hydroxyl groups is 1. The molecule has 2 aromatic carbocycles. The van der Waals surface area contributed by atoms with Gasteiger partial charge in [-0.2, -0.15) is 0 Å². The second-order valence-electron chi connectivity index (χ2n) is 8.13. The molecule has 0 spiro atoms. The number of rotatable bonds is 4. The molecule has 0 unspecified atom stereocenters. The molecule has 1 saturated heterocycles. The van der Waals surface area contributed by atoms with Crippen LogP contribution in [0.5, 0.6) is 5.75 Å². The number of nitrogens with one attached hydrogen (secondary N) is 2. The molecule has 0 aliphatic carbocycles. The van der Waals surface area contributed by atoms with E-state index < -0.39 is 0 Å². The van der Waals surface area contributed by atoms with Crippen LogP contribution in [0, 0.1) is 13.8 Å². The number of carbonyl (C=O) groups is 1. The predicted octanol–water partition coefficient (Wildman–Crippen LogP) is 3.97. The van der Waals surface area contributed by atoms with E-state index in [-0.39, 0.29) is 11.7 Å². The minimum absolute atomic E-state index is 0.206. The van der Waals surface area contributed by atoms with E-state index in [4.69, 9.17) is 4.42 Å². The SMILES string of the molecule is Cc1ccc(NC(=O)c2c(C)oc3ccc(O)c(C[NH+]4CCCCCC4)c23)cc1. The highest BCUT2D eigenvalue weighted by atomic mass is 16.3. The van der Waals surface area contributed by atoms with Crippen molar-refractivity contribution in [2.24, 2.45) is 0 Å². The van der Waals surface area contributed by atoms with Gasteiger partial charge in [-0.1, -0.05) is 17.7 Å². The third kappa shape index (κ3) is 4.15. The van der Waals surface area contributed by atoms with Gasteiger partial charge in [0.1, 0.15) is 23.6 Å². The lowest BCUT2D eigenvalue weighted by Crippen LogP contribution is -3.10. The first kappa shape index (κ1) is 19.5. The summed E-state index contributed by atoms with van der Waals surface area (Å²) < 4.78 is 5.91. The van der Waals surface area contributed by atoms with Gasteiger partial charge in [0.2, 0.25) is 0 Å². The summed E-state index contributed by atoms with van der Waals surface area (Å²) in [5, 5.41) is 14.4. The Bertz CT molecular complexity index is 1010. The van der Waals surface area contributed by atoms with Gasteiger partial charge in [0.25, 0.3) is 5.91 Å². The smallest absolute Gasteiger partial charge is 0.259 e. The third-order valence-corrected chi connectivity index (χ3v) is 5.89. The lowest BCUT2D eigenvalue weighted by molar-refractivity contribution is -0.913. The molecule has 152 valence electrons. The van der Waals surface area contributed by atoms with E-state index in [1.807, 2.05) is 38.1 Å². The fourth-order valence-electron chi connectivity index (χ4n) is 4.30. The quantitative estimate of drug-likeness (QED) is 0.628. The molecule has 1 aliphatic rings. The lowest BCUT2D eigenvalue weighted by atomic mass is 10.0. The fraction of sp³-hybridized carbons (Fsp3) is 0.375. The van der Waals surface area contributed by atoms with Crippen molar-refractivity contribution < 1.29 is 19.2 Å². The van der Waals surface area contributed by atoms with Gasteiger partial charge < -0.3 is 19.7 Å². The molecule has 3 aromatic rings. The van der Waals surface area contributed by atoms with Crippen LogP contribution in [0.2, 0.25) is 0 Å². The van der Waals surface area contributed by atoms with E-state index in [9.17, 15) is 9.90 Å². The Kier molecular flexibility index (Phi) is 5.58. The van der Waals surface area contributed by atoms with Gasteiger partial charge in [-0.05, 0) is 63.8 Å². The van der Waals surface area contributed by atoms with E-state index in [2.05, 4.69) is 5.32 Å². The molecule has 5 heteroatoms. The number of anilines is 1. The zero-order valence-electron chi connectivity index (χ0n) is 17.2. The fourth-order valence-corrected chi connectivity index (χ4v) is 4.30. The van der Waals surface area contributed by atoms with Gasteiger partial charge in [-0.3, -0.25) is 4.79 Å². The zero-order chi connectivity index (χ0) is 20.4. The predicted molar refractivity (Wildman–Crippen MR) is 115 cm³/mol. The van der Waals surface area contributed by atoms with Crippen molar-refractivity contribution in [2.45, 2.75) is 46.1 Å². The number of hydrogen-bond acceptors (Lipinski definition) is 3. The Balaban J connectivity index is 1.71. The minimum Gasteiger partial charge on any atom is -0.507 e. The second kappa shape index (κ2) is 8.29. The molecular formula is C24H29N2O3+. The van der Waals surface area contributed by atoms with Gasteiger partial charge in [0, 0.05) is 11.1 Å². The number of phenols is 1. The number of fused-ring (bicyclic) bond motifs is 1. The number of hydrogen-bond donors (Lipinski definition) is 3. The van der Waals surface area contributed by atoms with Crippen LogP contribution < -0.4 is 10.2 Å². The maximum absolute atomic E-state index is 13.1. The highest BCUT2D eigenvalue weighted by molar-refractivity contribution is 6.14. The van der Waals surface area contributed by atoms with Crippen molar-refractivity contribution >= 4 is 22.6 Å². The van der Waals surface area contributed by atoms with E-state index in [0.29, 0.717) is 23.5 Å². The summed E-state index contributed by atoms with van der Waals surface area (Å²) in [4.78, 5) is 14.6. The molecular weight excluding hydrogens is 364 g/mol. The first-order chi connectivity index (χ1) is 14.0. The molecule has 1 amide bonds. The largest absolute Gasteiger partial charge is 0.507 e. The van der Waals surface area contributed by atoms with Gasteiger partial charge >= 0.3 is 0 Å². The third-order valence-electron chi connectivity index (χ3n) is 5.89. The Labute approximate surface area is 171 Å². The number of furan rings is 1. The maximum Gasteiger partial charge on any atom is 0.259 e. The van der Waals surface area contributed by atoms with Crippen molar-refractivity contribution in [3.8, 4) is 5.75 Å². The van der Waals surface area contributed by atoms with E-state index in [1.165, 1.54) is 30.6 Å². The summed E-state index contributed by atoms with van der Waals surface area (Å²) in [5.74, 6) is 0.601. The molecule has 1 aliphatic heterocycles. The zero-order valence-corrected chi connectivity index (χ0v) is 17.2. The van der Waals surface area contributed by atoms with E-state index in [0.717, 1.165) is 35.3 Å². The molecule has 0 atom stereocenters. The number of amides is 1. The van der Waals surface area contributed by atoms with Crippen molar-refractivity contribution in [1.82, 2.24) is 0 Å². The first-order valence-electron chi connectivity index (χ1n) is 10.5. The van der Waals surface area contributed by atoms with Gasteiger partial charge in [0.15, 0.2) is 0 Å². The molecule has 0 saturated carbocycles. The summed E-state index contributed by atoms with van der Waals surface area (Å²) in [6, 6.07) is 11.2. The Morgan fingerprint density at radius 1 is 1.03 bits per heavy atom. The first-order valence-corrected chi connectivity index (χ1v) is 10.5. The standard InChI is InChI=1S/C24H28N2O3/c1-16-7-9-18(10-8-16)25-24(28)22-17(2)29-21-12-11-20(27)19(23(21)22)15-26-13-5-3-4-6-14-26/h7-12,27H,3-6,13-15H2,1-2H3,(H,25,28)/p+1. The summed E-state index contributed by atoms with van der Waals surface area (Å²) in [6.45, 7) is 6.71. The van der Waals surface area contributed by atoms with Crippen molar-refractivity contribution in [3.05, 3.63) is 58.8 Å². The number of aryl methyl sites for hydroxylation is 2. The van der Waals surface area contributed by atoms with Crippen LogP contribution in [0.15, 0.2) is 40.8 Å². The molecule has 29 heavy (non-hydrogen) atoms. The number of quaternary nitrogens is 1. The van der Waals surface area contributed by atoms with Crippen molar-refractivity contribution in [1.29, 1.82) is 0 Å². The number of benzene rings is 2. The summed E-state index contributed by atoms with van der Waals surface area (Å²) in [7, 11) is 0. The lowest BCUT2D eigenvalue weighted by Gasteiger charge is -2.18. The molecule has 1 fully saturated rings. The average molecular weight is 394 g/mol. The van der Waals surface area contributed by atoms with Crippen molar-refractivity contribution in [3.63, 3.8) is 0 Å². The highest BCUT2D eigenvalue weighted by Gasteiger charge is 2.25. The topological polar surface area (TPSA) is 66.9 Å². The number of phenolic OH excluding ortho intramolecular Hbond substituents is 1. The van der Waals surface area contributed by atoms with Crippen molar-refractivity contribution in [2.75, 3.05) is 18.4 Å². The van der Waals surface area contributed by atoms with Crippen LogP contribution in [0.1, 0.15) is 52.9 Å². The van der Waals surface area contributed by atoms with Crippen LogP contribution in [0.4, 0.5) is 5.69 Å². The van der Waals surface area contributed by atoms with Gasteiger partial charge in [0.05, 0.1) is 24.2 Å². The Morgan fingerprint density at radius 2 is 1.72 bits per heavy atom. The van der Waals surface area contributed by atoms with Crippen LogP contribution in [0.3, 0.4) is 0 Å². The average Bonchev–Trinajstić information content (AvgIpc) is 2.86. The minimum atomic E-state index is -0.206. The Hall–Kier alpha value is -2.79. The monoisotopic (exact) mass is 393 g/mol. The van der Waals surface area contributed by atoms with E-state index >= 15 is 0 Å². The highest BCUT2D eigenvalue weighted by Crippen LogP contribution is 2.34. The molecule has 2 heterocycles. The summed E-state index contributed by atoms with van der Waals surface area (Å²) in [6.07, 6.45) is 4.96. The van der Waals surface area contributed by atoms with Crippen LogP contribution in [-0.2, 0) is 6.54 Å². The van der Waals surface area contributed by atoms with Gasteiger partial charge in [-0.15, -0.1) is 0 Å². The second-order valence-corrected chi connectivity index (χ2v) is 8.13. The summed E-state index contributed by atoms with van der Waals surface area (Å²) >= 11 is 0. The molecule has 4 rings (SSSR count). The molecule has 0 radical (unpaired) electrons. The number of carbonyl (C=O) groups excluding carboxylic acids is 1. The normalized spacial score (nSPS) is 15.4. The molecule has 1 aromatic heterocycles.